The maximum atomic E-state index is 12.2. The number of carbonyl (C=O) groups excluding carboxylic acids is 1. The molecule has 0 unspecified atom stereocenters. The summed E-state index contributed by atoms with van der Waals surface area (Å²) in [5.74, 6) is -0.134. The summed E-state index contributed by atoms with van der Waals surface area (Å²) in [5.41, 5.74) is 7.50. The molecule has 7 heteroatoms. The van der Waals surface area contributed by atoms with Crippen molar-refractivity contribution in [1.29, 1.82) is 0 Å². The third-order valence-electron chi connectivity index (χ3n) is 4.33. The second-order valence-electron chi connectivity index (χ2n) is 5.87. The van der Waals surface area contributed by atoms with E-state index in [0.717, 1.165) is 30.3 Å². The number of benzene rings is 1. The normalized spacial score (nSPS) is 14.8. The Morgan fingerprint density at radius 2 is 2.09 bits per heavy atom. The number of H-pyrrole nitrogens is 1. The molecule has 1 aliphatic carbocycles. The average molecular weight is 339 g/mol. The Labute approximate surface area is 140 Å². The van der Waals surface area contributed by atoms with E-state index in [4.69, 9.17) is 5.73 Å². The van der Waals surface area contributed by atoms with E-state index in [1.165, 1.54) is 12.8 Å². The van der Waals surface area contributed by atoms with Crippen molar-refractivity contribution in [1.82, 2.24) is 14.9 Å². The lowest BCUT2D eigenvalue weighted by Crippen LogP contribution is -2.25. The van der Waals surface area contributed by atoms with Crippen LogP contribution in [0.15, 0.2) is 23.0 Å². The van der Waals surface area contributed by atoms with Crippen molar-refractivity contribution in [3.63, 3.8) is 0 Å². The molecule has 0 atom stereocenters. The minimum absolute atomic E-state index is 0. The summed E-state index contributed by atoms with van der Waals surface area (Å²) in [6.07, 6.45) is 5.20. The van der Waals surface area contributed by atoms with Gasteiger partial charge in [-0.1, -0.05) is 12.8 Å². The van der Waals surface area contributed by atoms with Crippen LogP contribution in [0.1, 0.15) is 48.5 Å². The molecule has 1 heterocycles. The maximum Gasteiger partial charge on any atom is 0.326 e. The Hall–Kier alpha value is -1.79. The standard InChI is InChI=1S/C16H22N4O2.ClH/c17-8-3-9-18-15(21)11-6-7-14-13(10-11)19-16(22)20(14)12-4-1-2-5-12;/h6-7,10,12H,1-5,8-9,17H2,(H,18,21)(H,19,22);1H. The number of nitrogens with one attached hydrogen (secondary N) is 2. The first-order valence-electron chi connectivity index (χ1n) is 7.93. The highest BCUT2D eigenvalue weighted by Crippen LogP contribution is 2.30. The van der Waals surface area contributed by atoms with Crippen LogP contribution in [0.3, 0.4) is 0 Å². The number of imidazole rings is 1. The zero-order valence-corrected chi connectivity index (χ0v) is 13.8. The van der Waals surface area contributed by atoms with Gasteiger partial charge >= 0.3 is 5.69 Å². The van der Waals surface area contributed by atoms with Crippen LogP contribution in [-0.2, 0) is 0 Å². The van der Waals surface area contributed by atoms with Gasteiger partial charge in [0, 0.05) is 18.2 Å². The molecule has 1 aliphatic rings. The molecular weight excluding hydrogens is 316 g/mol. The van der Waals surface area contributed by atoms with Gasteiger partial charge in [-0.25, -0.2) is 4.79 Å². The highest BCUT2D eigenvalue weighted by atomic mass is 35.5. The average Bonchev–Trinajstić information content (AvgIpc) is 3.12. The quantitative estimate of drug-likeness (QED) is 0.727. The zero-order chi connectivity index (χ0) is 15.5. The highest BCUT2D eigenvalue weighted by Gasteiger charge is 2.21. The fraction of sp³-hybridized carbons (Fsp3) is 0.500. The van der Waals surface area contributed by atoms with Gasteiger partial charge < -0.3 is 16.0 Å². The van der Waals surface area contributed by atoms with E-state index in [1.807, 2.05) is 10.6 Å². The third-order valence-corrected chi connectivity index (χ3v) is 4.33. The predicted molar refractivity (Wildman–Crippen MR) is 93.3 cm³/mol. The Kier molecular flexibility index (Phi) is 5.85. The number of aromatic amines is 1. The summed E-state index contributed by atoms with van der Waals surface area (Å²) in [4.78, 5) is 27.1. The van der Waals surface area contributed by atoms with Crippen LogP contribution in [-0.4, -0.2) is 28.5 Å². The molecule has 1 fully saturated rings. The Bertz CT molecular complexity index is 731. The molecule has 0 bridgehead atoms. The number of fused-ring (bicyclic) bond motifs is 1. The van der Waals surface area contributed by atoms with Crippen molar-refractivity contribution < 1.29 is 4.79 Å². The van der Waals surface area contributed by atoms with Gasteiger partial charge in [-0.15, -0.1) is 12.4 Å². The van der Waals surface area contributed by atoms with Gasteiger partial charge in [-0.3, -0.25) is 9.36 Å². The number of nitrogens with zero attached hydrogens (tertiary/aromatic N) is 1. The number of aromatic nitrogens is 2. The number of hydrogen-bond acceptors (Lipinski definition) is 3. The van der Waals surface area contributed by atoms with Crippen molar-refractivity contribution in [2.24, 2.45) is 5.73 Å². The van der Waals surface area contributed by atoms with E-state index in [2.05, 4.69) is 10.3 Å². The molecule has 2 aromatic rings. The van der Waals surface area contributed by atoms with Crippen LogP contribution in [0.25, 0.3) is 11.0 Å². The van der Waals surface area contributed by atoms with Crippen molar-refractivity contribution in [3.05, 3.63) is 34.2 Å². The Morgan fingerprint density at radius 1 is 1.35 bits per heavy atom. The lowest BCUT2D eigenvalue weighted by molar-refractivity contribution is 0.0953. The summed E-state index contributed by atoms with van der Waals surface area (Å²) < 4.78 is 1.85. The molecule has 23 heavy (non-hydrogen) atoms. The van der Waals surface area contributed by atoms with E-state index >= 15 is 0 Å². The topological polar surface area (TPSA) is 92.9 Å². The summed E-state index contributed by atoms with van der Waals surface area (Å²) in [6, 6.07) is 5.67. The SMILES string of the molecule is Cl.NCCCNC(=O)c1ccc2c(c1)[nH]c(=O)n2C1CCCC1. The van der Waals surface area contributed by atoms with Gasteiger partial charge in [-0.2, -0.15) is 0 Å². The molecule has 1 aromatic heterocycles. The minimum atomic E-state index is -0.134. The van der Waals surface area contributed by atoms with Crippen LogP contribution >= 0.6 is 12.4 Å². The summed E-state index contributed by atoms with van der Waals surface area (Å²) in [7, 11) is 0. The predicted octanol–water partition coefficient (Wildman–Crippen LogP) is 1.95. The Balaban J connectivity index is 0.00000192. The molecule has 1 aromatic carbocycles. The molecule has 3 rings (SSSR count). The zero-order valence-electron chi connectivity index (χ0n) is 13.0. The molecule has 0 spiro atoms. The van der Waals surface area contributed by atoms with Crippen LogP contribution < -0.4 is 16.7 Å². The summed E-state index contributed by atoms with van der Waals surface area (Å²) >= 11 is 0. The van der Waals surface area contributed by atoms with Crippen molar-refractivity contribution in [3.8, 4) is 0 Å². The fourth-order valence-electron chi connectivity index (χ4n) is 3.20. The van der Waals surface area contributed by atoms with Crippen molar-refractivity contribution in [2.45, 2.75) is 38.1 Å². The van der Waals surface area contributed by atoms with Crippen LogP contribution in [0.4, 0.5) is 0 Å². The van der Waals surface area contributed by atoms with E-state index < -0.39 is 0 Å². The molecule has 6 nitrogen and oxygen atoms in total. The number of nitrogens with two attached hydrogens (primary N) is 1. The monoisotopic (exact) mass is 338 g/mol. The van der Waals surface area contributed by atoms with E-state index in [-0.39, 0.29) is 30.0 Å². The lowest BCUT2D eigenvalue weighted by atomic mass is 10.1. The number of rotatable bonds is 5. The fourth-order valence-corrected chi connectivity index (χ4v) is 3.20. The molecule has 1 saturated carbocycles. The van der Waals surface area contributed by atoms with Gasteiger partial charge in [0.25, 0.3) is 5.91 Å². The number of amides is 1. The molecule has 0 saturated heterocycles. The first-order chi connectivity index (χ1) is 10.7. The smallest absolute Gasteiger partial charge is 0.326 e. The van der Waals surface area contributed by atoms with E-state index in [0.29, 0.717) is 18.7 Å². The van der Waals surface area contributed by atoms with Crippen LogP contribution in [0, 0.1) is 0 Å². The van der Waals surface area contributed by atoms with Crippen LogP contribution in [0.2, 0.25) is 0 Å². The molecule has 1 amide bonds. The van der Waals surface area contributed by atoms with Gasteiger partial charge in [0.1, 0.15) is 0 Å². The summed E-state index contributed by atoms with van der Waals surface area (Å²) in [5, 5.41) is 2.82. The Morgan fingerprint density at radius 3 is 2.78 bits per heavy atom. The molecule has 126 valence electrons. The molecular formula is C16H23ClN4O2. The largest absolute Gasteiger partial charge is 0.352 e. The number of hydrogen-bond donors (Lipinski definition) is 3. The minimum Gasteiger partial charge on any atom is -0.352 e. The van der Waals surface area contributed by atoms with Gasteiger partial charge in [0.15, 0.2) is 0 Å². The van der Waals surface area contributed by atoms with Crippen molar-refractivity contribution in [2.75, 3.05) is 13.1 Å². The second kappa shape index (κ2) is 7.66. The molecule has 4 N–H and O–H groups in total. The lowest BCUT2D eigenvalue weighted by Gasteiger charge is -2.11. The molecule has 0 radical (unpaired) electrons. The number of halogens is 1. The summed E-state index contributed by atoms with van der Waals surface area (Å²) in [6.45, 7) is 1.11. The molecule has 0 aliphatic heterocycles. The van der Waals surface area contributed by atoms with Gasteiger partial charge in [0.05, 0.1) is 11.0 Å². The highest BCUT2D eigenvalue weighted by molar-refractivity contribution is 5.97. The van der Waals surface area contributed by atoms with E-state index in [1.54, 1.807) is 12.1 Å². The van der Waals surface area contributed by atoms with E-state index in [9.17, 15) is 9.59 Å². The van der Waals surface area contributed by atoms with Crippen molar-refractivity contribution >= 4 is 29.3 Å². The van der Waals surface area contributed by atoms with Gasteiger partial charge in [-0.05, 0) is 44.0 Å². The first kappa shape index (κ1) is 17.6. The maximum absolute atomic E-state index is 12.2. The van der Waals surface area contributed by atoms with Gasteiger partial charge in [0.2, 0.25) is 0 Å². The number of carbonyl (C=O) groups is 1. The first-order valence-corrected chi connectivity index (χ1v) is 7.93. The third kappa shape index (κ3) is 3.59. The second-order valence-corrected chi connectivity index (χ2v) is 5.87. The van der Waals surface area contributed by atoms with Crippen LogP contribution in [0.5, 0.6) is 0 Å².